The molecule has 1 unspecified atom stereocenters. The number of aryl methyl sites for hydroxylation is 1. The number of hydrogen-bond acceptors (Lipinski definition) is 5. The molecule has 0 aliphatic carbocycles. The third kappa shape index (κ3) is 3.24. The Kier molecular flexibility index (Phi) is 4.50. The lowest BCUT2D eigenvalue weighted by Crippen LogP contribution is -2.21. The number of benzene rings is 1. The van der Waals surface area contributed by atoms with E-state index in [1.165, 1.54) is 12.8 Å². The Bertz CT molecular complexity index is 609. The molecule has 1 aliphatic rings. The Morgan fingerprint density at radius 3 is 3.10 bits per heavy atom. The van der Waals surface area contributed by atoms with Crippen molar-refractivity contribution in [1.29, 1.82) is 0 Å². The lowest BCUT2D eigenvalue weighted by Gasteiger charge is -2.22. The number of nitrogens with two attached hydrogens (primary N) is 1. The van der Waals surface area contributed by atoms with Crippen molar-refractivity contribution >= 4 is 21.6 Å². The van der Waals surface area contributed by atoms with Crippen LogP contribution in [0.4, 0.5) is 5.69 Å². The van der Waals surface area contributed by atoms with Gasteiger partial charge in [-0.15, -0.1) is 5.10 Å². The summed E-state index contributed by atoms with van der Waals surface area (Å²) < 4.78 is 8.40. The Balaban J connectivity index is 1.76. The molecule has 3 rings (SSSR count). The van der Waals surface area contributed by atoms with Gasteiger partial charge in [0.25, 0.3) is 0 Å². The molecule has 7 heteroatoms. The number of nitrogen functional groups attached to an aromatic ring is 1. The maximum atomic E-state index is 5.92. The van der Waals surface area contributed by atoms with Crippen LogP contribution in [0.15, 0.2) is 22.7 Å². The number of tetrazole rings is 1. The molecule has 0 radical (unpaired) electrons. The predicted molar refractivity (Wildman–Crippen MR) is 83.6 cm³/mol. The van der Waals surface area contributed by atoms with Crippen LogP contribution in [0.3, 0.4) is 0 Å². The first kappa shape index (κ1) is 14.5. The van der Waals surface area contributed by atoms with Gasteiger partial charge < -0.3 is 10.5 Å². The summed E-state index contributed by atoms with van der Waals surface area (Å²) in [7, 11) is 0. The summed E-state index contributed by atoms with van der Waals surface area (Å²) in [6, 6.07) is 5.70. The normalized spacial score (nSPS) is 18.8. The van der Waals surface area contributed by atoms with Crippen molar-refractivity contribution in [3.8, 4) is 11.4 Å². The Labute approximate surface area is 131 Å². The van der Waals surface area contributed by atoms with Gasteiger partial charge in [-0.25, -0.2) is 4.68 Å². The summed E-state index contributed by atoms with van der Waals surface area (Å²) in [5, 5.41) is 12.0. The zero-order valence-corrected chi connectivity index (χ0v) is 13.3. The first-order valence-corrected chi connectivity index (χ1v) is 7.97. The standard InChI is InChI=1S/C14H18BrN5O/c15-13-11(5-3-6-12(13)16)14-17-18-19-20(14)8-7-10-4-1-2-9-21-10/h3,5-6,10H,1-2,4,7-9,16H2. The zero-order chi connectivity index (χ0) is 14.7. The van der Waals surface area contributed by atoms with E-state index in [9.17, 15) is 0 Å². The van der Waals surface area contributed by atoms with E-state index in [1.54, 1.807) is 0 Å². The van der Waals surface area contributed by atoms with Gasteiger partial charge in [0.2, 0.25) is 0 Å². The Hall–Kier alpha value is -1.47. The minimum absolute atomic E-state index is 0.320. The average Bonchev–Trinajstić information content (AvgIpc) is 2.97. The van der Waals surface area contributed by atoms with Crippen LogP contribution in [0.25, 0.3) is 11.4 Å². The summed E-state index contributed by atoms with van der Waals surface area (Å²) in [6.07, 6.45) is 4.79. The highest BCUT2D eigenvalue weighted by Gasteiger charge is 2.17. The molecule has 0 amide bonds. The summed E-state index contributed by atoms with van der Waals surface area (Å²) in [5.41, 5.74) is 7.51. The summed E-state index contributed by atoms with van der Waals surface area (Å²) >= 11 is 3.50. The second-order valence-electron chi connectivity index (χ2n) is 5.21. The maximum absolute atomic E-state index is 5.92. The smallest absolute Gasteiger partial charge is 0.183 e. The van der Waals surface area contributed by atoms with Crippen LogP contribution in [0, 0.1) is 0 Å². The van der Waals surface area contributed by atoms with Crippen LogP contribution < -0.4 is 5.73 Å². The van der Waals surface area contributed by atoms with Crippen molar-refractivity contribution in [2.24, 2.45) is 0 Å². The molecule has 1 saturated heterocycles. The molecule has 0 spiro atoms. The molecule has 0 saturated carbocycles. The highest BCUT2D eigenvalue weighted by Crippen LogP contribution is 2.31. The topological polar surface area (TPSA) is 78.9 Å². The van der Waals surface area contributed by atoms with Crippen LogP contribution in [-0.2, 0) is 11.3 Å². The van der Waals surface area contributed by atoms with Gasteiger partial charge in [0.05, 0.1) is 10.6 Å². The van der Waals surface area contributed by atoms with Crippen molar-refractivity contribution in [2.45, 2.75) is 38.3 Å². The van der Waals surface area contributed by atoms with Crippen LogP contribution in [0.1, 0.15) is 25.7 Å². The molecule has 1 fully saturated rings. The fourth-order valence-electron chi connectivity index (χ4n) is 2.57. The van der Waals surface area contributed by atoms with E-state index in [0.717, 1.165) is 41.9 Å². The van der Waals surface area contributed by atoms with E-state index < -0.39 is 0 Å². The van der Waals surface area contributed by atoms with Gasteiger partial charge in [0.1, 0.15) is 0 Å². The number of nitrogens with zero attached hydrogens (tertiary/aromatic N) is 4. The van der Waals surface area contributed by atoms with Crippen LogP contribution in [0.5, 0.6) is 0 Å². The molecule has 2 heterocycles. The molecule has 112 valence electrons. The number of hydrogen-bond donors (Lipinski definition) is 1. The molecule has 2 aromatic rings. The van der Waals surface area contributed by atoms with Crippen molar-refractivity contribution in [3.63, 3.8) is 0 Å². The van der Waals surface area contributed by atoms with E-state index in [0.29, 0.717) is 11.8 Å². The second-order valence-corrected chi connectivity index (χ2v) is 6.00. The average molecular weight is 352 g/mol. The molecule has 6 nitrogen and oxygen atoms in total. The molecular formula is C14H18BrN5O. The van der Waals surface area contributed by atoms with E-state index >= 15 is 0 Å². The van der Waals surface area contributed by atoms with Gasteiger partial charge in [0, 0.05) is 24.4 Å². The number of halogens is 1. The Morgan fingerprint density at radius 1 is 1.38 bits per heavy atom. The highest BCUT2D eigenvalue weighted by atomic mass is 79.9. The fraction of sp³-hybridized carbons (Fsp3) is 0.500. The van der Waals surface area contributed by atoms with E-state index in [2.05, 4.69) is 31.5 Å². The van der Waals surface area contributed by atoms with Crippen molar-refractivity contribution in [2.75, 3.05) is 12.3 Å². The zero-order valence-electron chi connectivity index (χ0n) is 11.7. The maximum Gasteiger partial charge on any atom is 0.183 e. The molecule has 21 heavy (non-hydrogen) atoms. The molecule has 1 aliphatic heterocycles. The third-order valence-electron chi connectivity index (χ3n) is 3.74. The van der Waals surface area contributed by atoms with E-state index in [1.807, 2.05) is 22.9 Å². The van der Waals surface area contributed by atoms with Gasteiger partial charge in [-0.05, 0) is 64.2 Å². The van der Waals surface area contributed by atoms with E-state index in [-0.39, 0.29) is 0 Å². The van der Waals surface area contributed by atoms with Crippen molar-refractivity contribution in [1.82, 2.24) is 20.2 Å². The van der Waals surface area contributed by atoms with Gasteiger partial charge in [-0.2, -0.15) is 0 Å². The molecule has 2 N–H and O–H groups in total. The lowest BCUT2D eigenvalue weighted by molar-refractivity contribution is 0.00828. The predicted octanol–water partition coefficient (Wildman–Crippen LogP) is 2.64. The van der Waals surface area contributed by atoms with Crippen molar-refractivity contribution < 1.29 is 4.74 Å². The fourth-order valence-corrected chi connectivity index (χ4v) is 3.01. The molecule has 1 aromatic carbocycles. The second kappa shape index (κ2) is 6.53. The number of rotatable bonds is 4. The van der Waals surface area contributed by atoms with Gasteiger partial charge in [0.15, 0.2) is 5.82 Å². The van der Waals surface area contributed by atoms with Crippen LogP contribution in [0.2, 0.25) is 0 Å². The largest absolute Gasteiger partial charge is 0.398 e. The molecule has 0 bridgehead atoms. The van der Waals surface area contributed by atoms with Crippen LogP contribution in [-0.4, -0.2) is 32.9 Å². The first-order chi connectivity index (χ1) is 10.3. The number of anilines is 1. The van der Waals surface area contributed by atoms with Gasteiger partial charge in [-0.3, -0.25) is 0 Å². The molecular weight excluding hydrogens is 334 g/mol. The highest BCUT2D eigenvalue weighted by molar-refractivity contribution is 9.10. The monoisotopic (exact) mass is 351 g/mol. The van der Waals surface area contributed by atoms with Gasteiger partial charge in [-0.1, -0.05) is 6.07 Å². The first-order valence-electron chi connectivity index (χ1n) is 7.18. The SMILES string of the molecule is Nc1cccc(-c2nnnn2CCC2CCCCO2)c1Br. The third-order valence-corrected chi connectivity index (χ3v) is 4.62. The number of aromatic nitrogens is 4. The number of ether oxygens (including phenoxy) is 1. The molecule has 1 aromatic heterocycles. The van der Waals surface area contributed by atoms with Crippen LogP contribution >= 0.6 is 15.9 Å². The van der Waals surface area contributed by atoms with Gasteiger partial charge >= 0.3 is 0 Å². The summed E-state index contributed by atoms with van der Waals surface area (Å²) in [4.78, 5) is 0. The minimum atomic E-state index is 0.320. The lowest BCUT2D eigenvalue weighted by atomic mass is 10.1. The van der Waals surface area contributed by atoms with E-state index in [4.69, 9.17) is 10.5 Å². The molecule has 1 atom stereocenters. The summed E-state index contributed by atoms with van der Waals surface area (Å²) in [6.45, 7) is 1.61. The summed E-state index contributed by atoms with van der Waals surface area (Å²) in [5.74, 6) is 0.727. The Morgan fingerprint density at radius 2 is 2.29 bits per heavy atom. The minimum Gasteiger partial charge on any atom is -0.398 e. The van der Waals surface area contributed by atoms with Crippen molar-refractivity contribution in [3.05, 3.63) is 22.7 Å². The quantitative estimate of drug-likeness (QED) is 0.856.